The Morgan fingerprint density at radius 2 is 2.15 bits per heavy atom. The van der Waals surface area contributed by atoms with Crippen LogP contribution in [0.5, 0.6) is 5.75 Å². The van der Waals surface area contributed by atoms with E-state index in [4.69, 9.17) is 4.74 Å². The fourth-order valence-electron chi connectivity index (χ4n) is 1.50. The minimum Gasteiger partial charge on any atom is -0.487 e. The van der Waals surface area contributed by atoms with Gasteiger partial charge in [0, 0.05) is 12.1 Å². The number of amides is 1. The van der Waals surface area contributed by atoms with Crippen molar-refractivity contribution < 1.29 is 9.53 Å². The van der Waals surface area contributed by atoms with Crippen LogP contribution in [0.4, 0.5) is 0 Å². The zero-order valence-electron chi connectivity index (χ0n) is 11.1. The Morgan fingerprint density at radius 1 is 1.40 bits per heavy atom. The summed E-state index contributed by atoms with van der Waals surface area (Å²) in [5, 5.41) is 2.72. The molecule has 5 nitrogen and oxygen atoms in total. The Labute approximate surface area is 121 Å². The molecule has 2 rings (SSSR count). The first-order valence-electron chi connectivity index (χ1n) is 6.10. The van der Waals surface area contributed by atoms with Crippen molar-refractivity contribution in [1.82, 2.24) is 14.1 Å². The lowest BCUT2D eigenvalue weighted by molar-refractivity contribution is 0.0958. The van der Waals surface area contributed by atoms with Crippen LogP contribution in [-0.2, 0) is 6.61 Å². The van der Waals surface area contributed by atoms with Gasteiger partial charge in [-0.1, -0.05) is 6.08 Å². The molecule has 0 saturated heterocycles. The molecule has 2 aromatic rings. The third kappa shape index (κ3) is 3.64. The molecule has 1 heterocycles. The Balaban J connectivity index is 1.93. The predicted octanol–water partition coefficient (Wildman–Crippen LogP) is 2.34. The van der Waals surface area contributed by atoms with Crippen LogP contribution in [0.1, 0.15) is 21.7 Å². The minimum atomic E-state index is -0.129. The Hall–Kier alpha value is -2.21. The quantitative estimate of drug-likeness (QED) is 0.829. The molecule has 0 unspecified atom stereocenters. The molecule has 104 valence electrons. The van der Waals surface area contributed by atoms with E-state index in [0.717, 1.165) is 11.4 Å². The standard InChI is InChI=1S/C14H15N3O2S/c1-3-8-15-14(18)11-4-6-12(7-5-11)19-9-13-10(2)16-20-17-13/h3-7H,1,8-9H2,2H3,(H,15,18). The number of carbonyl (C=O) groups excluding carboxylic acids is 1. The largest absolute Gasteiger partial charge is 0.487 e. The molecule has 0 saturated carbocycles. The van der Waals surface area contributed by atoms with E-state index in [9.17, 15) is 4.79 Å². The summed E-state index contributed by atoms with van der Waals surface area (Å²) in [5.74, 6) is 0.564. The van der Waals surface area contributed by atoms with E-state index >= 15 is 0 Å². The molecule has 1 aromatic heterocycles. The number of rotatable bonds is 6. The summed E-state index contributed by atoms with van der Waals surface area (Å²) in [6, 6.07) is 6.97. The van der Waals surface area contributed by atoms with Crippen LogP contribution in [0, 0.1) is 6.92 Å². The molecule has 0 aliphatic carbocycles. The number of aryl methyl sites for hydroxylation is 1. The predicted molar refractivity (Wildman–Crippen MR) is 78.0 cm³/mol. The molecule has 0 aliphatic rings. The topological polar surface area (TPSA) is 64.1 Å². The molecule has 1 N–H and O–H groups in total. The maximum Gasteiger partial charge on any atom is 0.251 e. The lowest BCUT2D eigenvalue weighted by Gasteiger charge is -2.06. The van der Waals surface area contributed by atoms with Gasteiger partial charge in [-0.2, -0.15) is 8.75 Å². The molecule has 1 amide bonds. The molecule has 20 heavy (non-hydrogen) atoms. The number of nitrogens with zero attached hydrogens (tertiary/aromatic N) is 2. The van der Waals surface area contributed by atoms with Gasteiger partial charge in [0.1, 0.15) is 18.1 Å². The number of hydrogen-bond acceptors (Lipinski definition) is 5. The normalized spacial score (nSPS) is 10.1. The summed E-state index contributed by atoms with van der Waals surface area (Å²) in [5.41, 5.74) is 2.31. The van der Waals surface area contributed by atoms with Crippen molar-refractivity contribution in [1.29, 1.82) is 0 Å². The summed E-state index contributed by atoms with van der Waals surface area (Å²) in [6.07, 6.45) is 1.64. The van der Waals surface area contributed by atoms with Crippen molar-refractivity contribution in [2.75, 3.05) is 6.54 Å². The number of ether oxygens (including phenoxy) is 1. The van der Waals surface area contributed by atoms with Crippen molar-refractivity contribution in [3.05, 3.63) is 53.9 Å². The summed E-state index contributed by atoms with van der Waals surface area (Å²) >= 11 is 1.17. The molecule has 0 spiro atoms. The first-order chi connectivity index (χ1) is 9.70. The maximum absolute atomic E-state index is 11.7. The average Bonchev–Trinajstić information content (AvgIpc) is 2.88. The van der Waals surface area contributed by atoms with E-state index in [1.807, 2.05) is 6.92 Å². The van der Waals surface area contributed by atoms with Crippen molar-refractivity contribution in [3.63, 3.8) is 0 Å². The van der Waals surface area contributed by atoms with Crippen LogP contribution in [0.2, 0.25) is 0 Å². The van der Waals surface area contributed by atoms with Crippen LogP contribution in [0.15, 0.2) is 36.9 Å². The van der Waals surface area contributed by atoms with Crippen LogP contribution >= 0.6 is 11.7 Å². The van der Waals surface area contributed by atoms with Gasteiger partial charge in [-0.05, 0) is 31.2 Å². The van der Waals surface area contributed by atoms with Gasteiger partial charge in [-0.15, -0.1) is 6.58 Å². The molecule has 0 radical (unpaired) electrons. The van der Waals surface area contributed by atoms with E-state index in [0.29, 0.717) is 24.5 Å². The molecule has 1 aromatic carbocycles. The van der Waals surface area contributed by atoms with Gasteiger partial charge >= 0.3 is 0 Å². The lowest BCUT2D eigenvalue weighted by atomic mass is 10.2. The number of nitrogens with one attached hydrogen (secondary N) is 1. The second-order valence-corrected chi connectivity index (χ2v) is 4.64. The van der Waals surface area contributed by atoms with E-state index in [2.05, 4.69) is 20.6 Å². The van der Waals surface area contributed by atoms with Crippen molar-refractivity contribution >= 4 is 17.6 Å². The van der Waals surface area contributed by atoms with Gasteiger partial charge in [0.25, 0.3) is 5.91 Å². The van der Waals surface area contributed by atoms with E-state index in [1.54, 1.807) is 30.3 Å². The zero-order valence-corrected chi connectivity index (χ0v) is 11.9. The van der Waals surface area contributed by atoms with E-state index in [-0.39, 0.29) is 5.91 Å². The Kier molecular flexibility index (Phi) is 4.84. The first-order valence-corrected chi connectivity index (χ1v) is 6.83. The fourth-order valence-corrected chi connectivity index (χ4v) is 2.05. The Bertz CT molecular complexity index is 593. The van der Waals surface area contributed by atoms with Crippen molar-refractivity contribution in [2.24, 2.45) is 0 Å². The molecule has 0 aliphatic heterocycles. The van der Waals surface area contributed by atoms with E-state index < -0.39 is 0 Å². The number of aromatic nitrogens is 2. The van der Waals surface area contributed by atoms with E-state index in [1.165, 1.54) is 11.7 Å². The second-order valence-electron chi connectivity index (χ2n) is 4.11. The van der Waals surface area contributed by atoms with Gasteiger partial charge in [-0.25, -0.2) is 0 Å². The summed E-state index contributed by atoms with van der Waals surface area (Å²) in [7, 11) is 0. The molecule has 6 heteroatoms. The van der Waals surface area contributed by atoms with Gasteiger partial charge in [-0.3, -0.25) is 4.79 Å². The molecular formula is C14H15N3O2S. The summed E-state index contributed by atoms with van der Waals surface area (Å²) in [6.45, 7) is 6.28. The van der Waals surface area contributed by atoms with Crippen LogP contribution in [-0.4, -0.2) is 21.2 Å². The number of carbonyl (C=O) groups is 1. The smallest absolute Gasteiger partial charge is 0.251 e. The molecule has 0 atom stereocenters. The highest BCUT2D eigenvalue weighted by molar-refractivity contribution is 6.99. The van der Waals surface area contributed by atoms with Crippen molar-refractivity contribution in [2.45, 2.75) is 13.5 Å². The third-order valence-corrected chi connectivity index (χ3v) is 3.30. The zero-order chi connectivity index (χ0) is 14.4. The number of hydrogen-bond donors (Lipinski definition) is 1. The third-order valence-electron chi connectivity index (χ3n) is 2.65. The van der Waals surface area contributed by atoms with Crippen molar-refractivity contribution in [3.8, 4) is 5.75 Å². The summed E-state index contributed by atoms with van der Waals surface area (Å²) in [4.78, 5) is 11.7. The second kappa shape index (κ2) is 6.81. The fraction of sp³-hybridized carbons (Fsp3) is 0.214. The SMILES string of the molecule is C=CCNC(=O)c1ccc(OCc2nsnc2C)cc1. The highest BCUT2D eigenvalue weighted by Gasteiger charge is 2.06. The monoisotopic (exact) mass is 289 g/mol. The maximum atomic E-state index is 11.7. The highest BCUT2D eigenvalue weighted by Crippen LogP contribution is 2.15. The molecule has 0 fully saturated rings. The minimum absolute atomic E-state index is 0.129. The lowest BCUT2D eigenvalue weighted by Crippen LogP contribution is -2.22. The first kappa shape index (κ1) is 14.2. The summed E-state index contributed by atoms with van der Waals surface area (Å²) < 4.78 is 13.8. The highest BCUT2D eigenvalue weighted by atomic mass is 32.1. The van der Waals surface area contributed by atoms with Gasteiger partial charge in [0.15, 0.2) is 0 Å². The molecule has 0 bridgehead atoms. The number of benzene rings is 1. The van der Waals surface area contributed by atoms with Crippen LogP contribution in [0.25, 0.3) is 0 Å². The average molecular weight is 289 g/mol. The van der Waals surface area contributed by atoms with Crippen LogP contribution in [0.3, 0.4) is 0 Å². The Morgan fingerprint density at radius 3 is 2.75 bits per heavy atom. The molecular weight excluding hydrogens is 274 g/mol. The van der Waals surface area contributed by atoms with Crippen LogP contribution < -0.4 is 10.1 Å². The van der Waals surface area contributed by atoms with Gasteiger partial charge < -0.3 is 10.1 Å². The van der Waals surface area contributed by atoms with Gasteiger partial charge in [0.2, 0.25) is 0 Å². The van der Waals surface area contributed by atoms with Gasteiger partial charge in [0.05, 0.1) is 17.4 Å².